The van der Waals surface area contributed by atoms with Gasteiger partial charge in [-0.05, 0) is 18.9 Å². The van der Waals surface area contributed by atoms with Gasteiger partial charge < -0.3 is 4.74 Å². The number of aromatic amines is 1. The first kappa shape index (κ1) is 13.5. The summed E-state index contributed by atoms with van der Waals surface area (Å²) < 4.78 is 40.7. The predicted octanol–water partition coefficient (Wildman–Crippen LogP) is 2.64. The number of alkyl halides is 3. The average molecular weight is 250 g/mol. The van der Waals surface area contributed by atoms with Crippen LogP contribution in [0.15, 0.2) is 6.07 Å². The fourth-order valence-electron chi connectivity index (χ4n) is 1.02. The van der Waals surface area contributed by atoms with Gasteiger partial charge in [-0.1, -0.05) is 13.8 Å². The zero-order valence-electron chi connectivity index (χ0n) is 9.63. The van der Waals surface area contributed by atoms with Crippen molar-refractivity contribution in [1.82, 2.24) is 10.2 Å². The topological polar surface area (TPSA) is 55.0 Å². The van der Waals surface area contributed by atoms with E-state index in [-0.39, 0.29) is 11.6 Å². The first-order chi connectivity index (χ1) is 7.71. The number of ether oxygens (including phenoxy) is 1. The molecular formula is C10H13F3N2O2. The van der Waals surface area contributed by atoms with E-state index in [9.17, 15) is 18.0 Å². The second-order valence-corrected chi connectivity index (χ2v) is 3.95. The highest BCUT2D eigenvalue weighted by Crippen LogP contribution is 2.23. The molecule has 0 spiro atoms. The maximum absolute atomic E-state index is 12.2. The van der Waals surface area contributed by atoms with Gasteiger partial charge >= 0.3 is 12.1 Å². The SMILES string of the molecule is CC(C)c1cc(C(=O)O[C@@H](C)C(F)(F)F)n[nH]1. The molecule has 1 heterocycles. The van der Waals surface area contributed by atoms with Crippen LogP contribution in [0.2, 0.25) is 0 Å². The molecule has 4 nitrogen and oxygen atoms in total. The highest BCUT2D eigenvalue weighted by Gasteiger charge is 2.39. The largest absolute Gasteiger partial charge is 0.448 e. The summed E-state index contributed by atoms with van der Waals surface area (Å²) >= 11 is 0. The molecule has 1 aromatic heterocycles. The van der Waals surface area contributed by atoms with E-state index in [0.29, 0.717) is 5.69 Å². The first-order valence-corrected chi connectivity index (χ1v) is 5.04. The maximum Gasteiger partial charge on any atom is 0.425 e. The molecule has 0 aliphatic heterocycles. The van der Waals surface area contributed by atoms with Crippen LogP contribution >= 0.6 is 0 Å². The van der Waals surface area contributed by atoms with Crippen molar-refractivity contribution in [1.29, 1.82) is 0 Å². The van der Waals surface area contributed by atoms with Crippen molar-refractivity contribution in [2.45, 2.75) is 39.0 Å². The Labute approximate surface area is 96.2 Å². The molecule has 0 saturated carbocycles. The van der Waals surface area contributed by atoms with Gasteiger partial charge in [-0.3, -0.25) is 5.10 Å². The Hall–Kier alpha value is -1.53. The van der Waals surface area contributed by atoms with Crippen molar-refractivity contribution >= 4 is 5.97 Å². The predicted molar refractivity (Wildman–Crippen MR) is 53.6 cm³/mol. The van der Waals surface area contributed by atoms with Gasteiger partial charge in [-0.15, -0.1) is 0 Å². The molecule has 17 heavy (non-hydrogen) atoms. The van der Waals surface area contributed by atoms with Crippen molar-refractivity contribution < 1.29 is 22.7 Å². The standard InChI is InChI=1S/C10H13F3N2O2/c1-5(2)7-4-8(15-14-7)9(16)17-6(3)10(11,12)13/h4-6H,1-3H3,(H,14,15)/t6-/m0/s1. The fraction of sp³-hybridized carbons (Fsp3) is 0.600. The smallest absolute Gasteiger partial charge is 0.425 e. The zero-order valence-corrected chi connectivity index (χ0v) is 9.63. The molecule has 96 valence electrons. The summed E-state index contributed by atoms with van der Waals surface area (Å²) in [5, 5.41) is 6.17. The van der Waals surface area contributed by atoms with Gasteiger partial charge in [0.05, 0.1) is 0 Å². The lowest BCUT2D eigenvalue weighted by Crippen LogP contribution is -2.31. The monoisotopic (exact) mass is 250 g/mol. The second-order valence-electron chi connectivity index (χ2n) is 3.95. The summed E-state index contributed by atoms with van der Waals surface area (Å²) in [4.78, 5) is 11.3. The lowest BCUT2D eigenvalue weighted by Gasteiger charge is -2.15. The quantitative estimate of drug-likeness (QED) is 0.839. The summed E-state index contributed by atoms with van der Waals surface area (Å²) in [5.74, 6) is -0.984. The lowest BCUT2D eigenvalue weighted by molar-refractivity contribution is -0.198. The molecule has 0 aromatic carbocycles. The summed E-state index contributed by atoms with van der Waals surface area (Å²) in [6.07, 6.45) is -6.71. The number of aromatic nitrogens is 2. The Kier molecular flexibility index (Phi) is 3.79. The highest BCUT2D eigenvalue weighted by atomic mass is 19.4. The Morgan fingerprint density at radius 3 is 2.41 bits per heavy atom. The molecule has 0 fully saturated rings. The van der Waals surface area contributed by atoms with Crippen molar-refractivity contribution in [3.63, 3.8) is 0 Å². The highest BCUT2D eigenvalue weighted by molar-refractivity contribution is 5.87. The summed E-state index contributed by atoms with van der Waals surface area (Å²) in [7, 11) is 0. The maximum atomic E-state index is 12.2. The van der Waals surface area contributed by atoms with E-state index in [2.05, 4.69) is 14.9 Å². The normalized spacial score (nSPS) is 13.8. The number of carbonyl (C=O) groups excluding carboxylic acids is 1. The zero-order chi connectivity index (χ0) is 13.2. The molecule has 0 unspecified atom stereocenters. The van der Waals surface area contributed by atoms with Crippen molar-refractivity contribution in [3.8, 4) is 0 Å². The third-order valence-corrected chi connectivity index (χ3v) is 2.17. The Bertz CT molecular complexity index is 399. The molecule has 1 rings (SSSR count). The number of nitrogens with one attached hydrogen (secondary N) is 1. The van der Waals surface area contributed by atoms with Gasteiger partial charge in [-0.25, -0.2) is 4.79 Å². The molecule has 0 aliphatic rings. The van der Waals surface area contributed by atoms with Gasteiger partial charge in [0.1, 0.15) is 0 Å². The number of nitrogens with zero attached hydrogens (tertiary/aromatic N) is 1. The van der Waals surface area contributed by atoms with E-state index >= 15 is 0 Å². The molecule has 1 atom stereocenters. The van der Waals surface area contributed by atoms with Crippen LogP contribution < -0.4 is 0 Å². The number of esters is 1. The second kappa shape index (κ2) is 4.77. The van der Waals surface area contributed by atoms with Crippen LogP contribution in [0.4, 0.5) is 13.2 Å². The summed E-state index contributed by atoms with van der Waals surface area (Å²) in [6.45, 7) is 4.50. The van der Waals surface area contributed by atoms with Gasteiger partial charge in [0.15, 0.2) is 11.8 Å². The van der Waals surface area contributed by atoms with E-state index in [1.54, 1.807) is 0 Å². The minimum Gasteiger partial charge on any atom is -0.448 e. The van der Waals surface area contributed by atoms with Crippen molar-refractivity contribution in [2.24, 2.45) is 0 Å². The Morgan fingerprint density at radius 1 is 1.41 bits per heavy atom. The van der Waals surface area contributed by atoms with Crippen LogP contribution in [0.5, 0.6) is 0 Å². The average Bonchev–Trinajstić information content (AvgIpc) is 2.64. The molecule has 0 bridgehead atoms. The molecule has 7 heteroatoms. The minimum absolute atomic E-state index is 0.101. The van der Waals surface area contributed by atoms with E-state index < -0.39 is 18.2 Å². The molecule has 0 radical (unpaired) electrons. The number of hydrogen-bond acceptors (Lipinski definition) is 3. The molecule has 0 saturated heterocycles. The van der Waals surface area contributed by atoms with Gasteiger partial charge in [0.25, 0.3) is 0 Å². The lowest BCUT2D eigenvalue weighted by atomic mass is 10.1. The third kappa shape index (κ3) is 3.47. The summed E-state index contributed by atoms with van der Waals surface area (Å²) in [5.41, 5.74) is 0.515. The molecule has 1 N–H and O–H groups in total. The third-order valence-electron chi connectivity index (χ3n) is 2.17. The van der Waals surface area contributed by atoms with Crippen molar-refractivity contribution in [3.05, 3.63) is 17.5 Å². The van der Waals surface area contributed by atoms with Crippen LogP contribution in [-0.2, 0) is 4.74 Å². The fourth-order valence-corrected chi connectivity index (χ4v) is 1.02. The number of H-pyrrole nitrogens is 1. The minimum atomic E-state index is -4.56. The van der Waals surface area contributed by atoms with Gasteiger partial charge in [-0.2, -0.15) is 18.3 Å². The number of hydrogen-bond donors (Lipinski definition) is 1. The summed E-state index contributed by atoms with van der Waals surface area (Å²) in [6, 6.07) is 1.39. The van der Waals surface area contributed by atoms with Gasteiger partial charge in [0.2, 0.25) is 0 Å². The molecule has 0 amide bonds. The van der Waals surface area contributed by atoms with E-state index in [1.807, 2.05) is 13.8 Å². The van der Waals surface area contributed by atoms with Crippen LogP contribution in [0.25, 0.3) is 0 Å². The van der Waals surface area contributed by atoms with Crippen LogP contribution in [0, 0.1) is 0 Å². The molecular weight excluding hydrogens is 237 g/mol. The molecule has 1 aromatic rings. The molecule has 0 aliphatic carbocycles. The first-order valence-electron chi connectivity index (χ1n) is 5.04. The van der Waals surface area contributed by atoms with Gasteiger partial charge in [0, 0.05) is 5.69 Å². The van der Waals surface area contributed by atoms with E-state index in [1.165, 1.54) is 6.07 Å². The Morgan fingerprint density at radius 2 is 2.00 bits per heavy atom. The van der Waals surface area contributed by atoms with Crippen LogP contribution in [0.1, 0.15) is 42.9 Å². The van der Waals surface area contributed by atoms with Crippen LogP contribution in [0.3, 0.4) is 0 Å². The number of carbonyl (C=O) groups is 1. The van der Waals surface area contributed by atoms with E-state index in [0.717, 1.165) is 6.92 Å². The van der Waals surface area contributed by atoms with E-state index in [4.69, 9.17) is 0 Å². The Balaban J connectivity index is 2.70. The number of rotatable bonds is 3. The van der Waals surface area contributed by atoms with Crippen LogP contribution in [-0.4, -0.2) is 28.4 Å². The van der Waals surface area contributed by atoms with Crippen molar-refractivity contribution in [2.75, 3.05) is 0 Å². The number of halogens is 3.